The minimum Gasteiger partial charge on any atom is -0.368 e. The van der Waals surface area contributed by atoms with Gasteiger partial charge in [0.1, 0.15) is 0 Å². The van der Waals surface area contributed by atoms with E-state index in [1.54, 1.807) is 18.2 Å². The van der Waals surface area contributed by atoms with Gasteiger partial charge in [0.25, 0.3) is 0 Å². The molecule has 80 valence electrons. The van der Waals surface area contributed by atoms with Crippen LogP contribution in [0.15, 0.2) is 24.3 Å². The molecule has 1 rings (SSSR count). The third kappa shape index (κ3) is 4.11. The molecule has 3 nitrogen and oxygen atoms in total. The molecular weight excluding hydrogens is 190 g/mol. The van der Waals surface area contributed by atoms with Crippen molar-refractivity contribution >= 4 is 0 Å². The second-order valence-corrected chi connectivity index (χ2v) is 3.66. The summed E-state index contributed by atoms with van der Waals surface area (Å²) in [5.41, 5.74) is 1.51. The molecule has 0 aliphatic rings. The topological polar surface area (TPSA) is 53.2 Å². The molecule has 0 saturated heterocycles. The van der Waals surface area contributed by atoms with E-state index in [1.807, 2.05) is 19.9 Å². The molecule has 1 aromatic rings. The minimum atomic E-state index is -0.807. The summed E-state index contributed by atoms with van der Waals surface area (Å²) in [7, 11) is 0. The summed E-state index contributed by atoms with van der Waals surface area (Å²) < 4.78 is 5.20. The van der Waals surface area contributed by atoms with Crippen LogP contribution in [0.3, 0.4) is 0 Å². The van der Waals surface area contributed by atoms with Gasteiger partial charge in [-0.05, 0) is 31.5 Å². The molecule has 1 N–H and O–H groups in total. The molecule has 3 heteroatoms. The summed E-state index contributed by atoms with van der Waals surface area (Å²) in [6.07, 6.45) is -0.397. The SMILES string of the molecule is CC(C)OC(O)Cc1cccc(C#N)c1. The molecule has 15 heavy (non-hydrogen) atoms. The van der Waals surface area contributed by atoms with E-state index in [2.05, 4.69) is 6.07 Å². The van der Waals surface area contributed by atoms with E-state index < -0.39 is 6.29 Å². The number of ether oxygens (including phenoxy) is 1. The van der Waals surface area contributed by atoms with Crippen LogP contribution in [0.25, 0.3) is 0 Å². The summed E-state index contributed by atoms with van der Waals surface area (Å²) >= 11 is 0. The molecule has 0 amide bonds. The molecule has 1 unspecified atom stereocenters. The standard InChI is InChI=1S/C12H15NO2/c1-9(2)15-12(14)7-10-4-3-5-11(6-10)8-13/h3-6,9,12,14H,7H2,1-2H3. The van der Waals surface area contributed by atoms with Crippen LogP contribution in [0.2, 0.25) is 0 Å². The van der Waals surface area contributed by atoms with Crippen molar-refractivity contribution in [1.82, 2.24) is 0 Å². The molecule has 1 atom stereocenters. The highest BCUT2D eigenvalue weighted by Gasteiger charge is 2.07. The molecule has 0 saturated carbocycles. The first-order chi connectivity index (χ1) is 7.11. The second-order valence-electron chi connectivity index (χ2n) is 3.66. The first kappa shape index (κ1) is 11.7. The lowest BCUT2D eigenvalue weighted by atomic mass is 10.1. The third-order valence-electron chi connectivity index (χ3n) is 1.90. The molecule has 0 aliphatic carbocycles. The Kier molecular flexibility index (Phi) is 4.29. The first-order valence-corrected chi connectivity index (χ1v) is 4.94. The zero-order valence-corrected chi connectivity index (χ0v) is 8.97. The number of nitriles is 1. The number of hydrogen-bond donors (Lipinski definition) is 1. The lowest BCUT2D eigenvalue weighted by Crippen LogP contribution is -2.19. The van der Waals surface area contributed by atoms with Gasteiger partial charge in [-0.15, -0.1) is 0 Å². The van der Waals surface area contributed by atoms with Crippen molar-refractivity contribution in [2.75, 3.05) is 0 Å². The largest absolute Gasteiger partial charge is 0.368 e. The monoisotopic (exact) mass is 205 g/mol. The average molecular weight is 205 g/mol. The second kappa shape index (κ2) is 5.50. The van der Waals surface area contributed by atoms with Gasteiger partial charge in [-0.1, -0.05) is 12.1 Å². The summed E-state index contributed by atoms with van der Waals surface area (Å²) in [4.78, 5) is 0. The van der Waals surface area contributed by atoms with Gasteiger partial charge in [-0.2, -0.15) is 5.26 Å². The molecule has 0 radical (unpaired) electrons. The van der Waals surface area contributed by atoms with Gasteiger partial charge in [0.15, 0.2) is 6.29 Å². The van der Waals surface area contributed by atoms with E-state index in [-0.39, 0.29) is 6.10 Å². The van der Waals surface area contributed by atoms with E-state index in [0.717, 1.165) is 5.56 Å². The minimum absolute atomic E-state index is 0.000788. The Balaban J connectivity index is 2.60. The fourth-order valence-corrected chi connectivity index (χ4v) is 1.33. The Morgan fingerprint density at radius 3 is 2.80 bits per heavy atom. The van der Waals surface area contributed by atoms with Gasteiger partial charge in [-0.3, -0.25) is 0 Å². The van der Waals surface area contributed by atoms with Crippen LogP contribution in [0.4, 0.5) is 0 Å². The van der Waals surface area contributed by atoms with Crippen LogP contribution in [-0.4, -0.2) is 17.5 Å². The summed E-state index contributed by atoms with van der Waals surface area (Å²) in [6.45, 7) is 3.74. The Labute approximate surface area is 89.9 Å². The Morgan fingerprint density at radius 1 is 1.47 bits per heavy atom. The van der Waals surface area contributed by atoms with E-state index in [0.29, 0.717) is 12.0 Å². The van der Waals surface area contributed by atoms with Crippen LogP contribution in [0, 0.1) is 11.3 Å². The van der Waals surface area contributed by atoms with Crippen molar-refractivity contribution in [3.8, 4) is 6.07 Å². The third-order valence-corrected chi connectivity index (χ3v) is 1.90. The molecule has 0 fully saturated rings. The smallest absolute Gasteiger partial charge is 0.158 e. The van der Waals surface area contributed by atoms with E-state index in [4.69, 9.17) is 10.00 Å². The predicted octanol–water partition coefficient (Wildman–Crippen LogP) is 1.84. The molecule has 0 bridgehead atoms. The Bertz CT molecular complexity index is 355. The molecule has 1 aromatic carbocycles. The number of aliphatic hydroxyl groups is 1. The van der Waals surface area contributed by atoms with Gasteiger partial charge in [0.2, 0.25) is 0 Å². The van der Waals surface area contributed by atoms with E-state index in [9.17, 15) is 5.11 Å². The number of rotatable bonds is 4. The van der Waals surface area contributed by atoms with Gasteiger partial charge in [0.05, 0.1) is 17.7 Å². The maximum absolute atomic E-state index is 9.53. The number of hydrogen-bond acceptors (Lipinski definition) is 3. The van der Waals surface area contributed by atoms with Crippen molar-refractivity contribution in [2.45, 2.75) is 32.7 Å². The molecule has 0 aliphatic heterocycles. The highest BCUT2D eigenvalue weighted by atomic mass is 16.6. The zero-order valence-electron chi connectivity index (χ0n) is 8.97. The van der Waals surface area contributed by atoms with Crippen molar-refractivity contribution in [2.24, 2.45) is 0 Å². The number of aliphatic hydroxyl groups excluding tert-OH is 1. The lowest BCUT2D eigenvalue weighted by molar-refractivity contribution is -0.123. The Hall–Kier alpha value is -1.37. The van der Waals surface area contributed by atoms with Crippen molar-refractivity contribution in [3.05, 3.63) is 35.4 Å². The predicted molar refractivity (Wildman–Crippen MR) is 57.1 cm³/mol. The lowest BCUT2D eigenvalue weighted by Gasteiger charge is -2.14. The van der Waals surface area contributed by atoms with Crippen LogP contribution in [-0.2, 0) is 11.2 Å². The van der Waals surface area contributed by atoms with Gasteiger partial charge in [0, 0.05) is 6.42 Å². The van der Waals surface area contributed by atoms with Crippen molar-refractivity contribution in [3.63, 3.8) is 0 Å². The van der Waals surface area contributed by atoms with Crippen molar-refractivity contribution in [1.29, 1.82) is 5.26 Å². The van der Waals surface area contributed by atoms with Crippen molar-refractivity contribution < 1.29 is 9.84 Å². The highest BCUT2D eigenvalue weighted by molar-refractivity contribution is 5.32. The average Bonchev–Trinajstić information content (AvgIpc) is 2.16. The summed E-state index contributed by atoms with van der Waals surface area (Å²) in [5.74, 6) is 0. The molecule has 0 aromatic heterocycles. The Morgan fingerprint density at radius 2 is 2.20 bits per heavy atom. The van der Waals surface area contributed by atoms with Crippen LogP contribution in [0.1, 0.15) is 25.0 Å². The van der Waals surface area contributed by atoms with Gasteiger partial charge < -0.3 is 9.84 Å². The highest BCUT2D eigenvalue weighted by Crippen LogP contribution is 2.08. The first-order valence-electron chi connectivity index (χ1n) is 4.94. The van der Waals surface area contributed by atoms with Gasteiger partial charge in [-0.25, -0.2) is 0 Å². The van der Waals surface area contributed by atoms with Crippen LogP contribution < -0.4 is 0 Å². The fraction of sp³-hybridized carbons (Fsp3) is 0.417. The quantitative estimate of drug-likeness (QED) is 0.763. The molecular formula is C12H15NO2. The normalized spacial score (nSPS) is 12.5. The maximum atomic E-state index is 9.53. The van der Waals surface area contributed by atoms with Crippen LogP contribution >= 0.6 is 0 Å². The van der Waals surface area contributed by atoms with E-state index in [1.165, 1.54) is 0 Å². The number of benzene rings is 1. The summed E-state index contributed by atoms with van der Waals surface area (Å²) in [6, 6.07) is 9.22. The number of nitrogens with zero attached hydrogens (tertiary/aromatic N) is 1. The summed E-state index contributed by atoms with van der Waals surface area (Å²) in [5, 5.41) is 18.2. The van der Waals surface area contributed by atoms with Crippen LogP contribution in [0.5, 0.6) is 0 Å². The maximum Gasteiger partial charge on any atom is 0.158 e. The zero-order chi connectivity index (χ0) is 11.3. The molecule has 0 heterocycles. The van der Waals surface area contributed by atoms with Gasteiger partial charge >= 0.3 is 0 Å². The fourth-order valence-electron chi connectivity index (χ4n) is 1.33. The molecule has 0 spiro atoms. The van der Waals surface area contributed by atoms with E-state index >= 15 is 0 Å².